The molecule has 0 unspecified atom stereocenters. The van der Waals surface area contributed by atoms with Crippen LogP contribution in [0, 0.1) is 6.92 Å². The van der Waals surface area contributed by atoms with Crippen LogP contribution < -0.4 is 14.4 Å². The van der Waals surface area contributed by atoms with Gasteiger partial charge in [-0.2, -0.15) is 0 Å². The Morgan fingerprint density at radius 2 is 1.59 bits per heavy atom. The molecule has 41 heavy (non-hydrogen) atoms. The van der Waals surface area contributed by atoms with Crippen LogP contribution >= 0.6 is 11.6 Å². The lowest BCUT2D eigenvalue weighted by Crippen LogP contribution is -2.52. The Labute approximate surface area is 247 Å². The van der Waals surface area contributed by atoms with E-state index < -0.39 is 28.5 Å². The molecule has 1 aliphatic rings. The van der Waals surface area contributed by atoms with Gasteiger partial charge in [0.05, 0.1) is 17.7 Å². The van der Waals surface area contributed by atoms with E-state index in [0.29, 0.717) is 10.8 Å². The summed E-state index contributed by atoms with van der Waals surface area (Å²) in [5.41, 5.74) is 1.97. The maximum atomic E-state index is 14.0. The number of halogens is 1. The lowest BCUT2D eigenvalue weighted by atomic mass is 10.1. The molecule has 10 heteroatoms. The number of hydrogen-bond donors (Lipinski definition) is 1. The van der Waals surface area contributed by atoms with Crippen molar-refractivity contribution in [2.75, 3.05) is 18.0 Å². The van der Waals surface area contributed by atoms with Gasteiger partial charge in [-0.3, -0.25) is 13.9 Å². The summed E-state index contributed by atoms with van der Waals surface area (Å²) in [6.45, 7) is 3.15. The minimum Gasteiger partial charge on any atom is -0.497 e. The number of nitrogens with one attached hydrogen (secondary N) is 1. The molecule has 0 bridgehead atoms. The third-order valence-corrected chi connectivity index (χ3v) is 9.42. The van der Waals surface area contributed by atoms with E-state index in [1.165, 1.54) is 17.0 Å². The number of anilines is 1. The third-order valence-electron chi connectivity index (χ3n) is 7.38. The first-order valence-electron chi connectivity index (χ1n) is 13.7. The first kappa shape index (κ1) is 30.4. The van der Waals surface area contributed by atoms with Crippen molar-refractivity contribution >= 4 is 39.1 Å². The molecule has 1 aliphatic carbocycles. The van der Waals surface area contributed by atoms with Crippen molar-refractivity contribution in [2.45, 2.75) is 63.1 Å². The van der Waals surface area contributed by atoms with Crippen LogP contribution in [0.25, 0.3) is 0 Å². The molecule has 0 aromatic heterocycles. The number of rotatable bonds is 11. The summed E-state index contributed by atoms with van der Waals surface area (Å²) in [7, 11) is -2.56. The van der Waals surface area contributed by atoms with Crippen molar-refractivity contribution in [3.8, 4) is 5.75 Å². The molecule has 0 heterocycles. The van der Waals surface area contributed by atoms with Crippen molar-refractivity contribution in [3.63, 3.8) is 0 Å². The van der Waals surface area contributed by atoms with Gasteiger partial charge in [-0.1, -0.05) is 54.3 Å². The molecule has 1 atom stereocenters. The molecule has 0 aliphatic heterocycles. The molecule has 1 saturated carbocycles. The molecule has 0 radical (unpaired) electrons. The smallest absolute Gasteiger partial charge is 0.264 e. The second kappa shape index (κ2) is 13.4. The maximum absolute atomic E-state index is 14.0. The standard InChI is InChI=1S/C31H36ClN3O5S/c1-22-8-18-29(19-9-22)41(38,39)35(27-14-12-25(32)13-15-27)21-30(36)34(20-24-10-16-28(40-3)17-11-24)23(2)31(37)33-26-6-4-5-7-26/h8-19,23,26H,4-7,20-21H2,1-3H3,(H,33,37)/t23-/m0/s1. The van der Waals surface area contributed by atoms with E-state index in [9.17, 15) is 18.0 Å². The number of sulfonamides is 1. The zero-order chi connectivity index (χ0) is 29.6. The van der Waals surface area contributed by atoms with Gasteiger partial charge in [-0.25, -0.2) is 8.42 Å². The summed E-state index contributed by atoms with van der Waals surface area (Å²) in [6, 6.07) is 19.2. The molecule has 218 valence electrons. The number of carbonyl (C=O) groups is 2. The summed E-state index contributed by atoms with van der Waals surface area (Å²) >= 11 is 6.08. The van der Waals surface area contributed by atoms with Crippen LogP contribution in [-0.4, -0.2) is 50.9 Å². The van der Waals surface area contributed by atoms with Gasteiger partial charge in [0.2, 0.25) is 11.8 Å². The molecule has 2 amide bonds. The fourth-order valence-electron chi connectivity index (χ4n) is 4.88. The number of ether oxygens (including phenoxy) is 1. The molecule has 4 rings (SSSR count). The topological polar surface area (TPSA) is 96.0 Å². The van der Waals surface area contributed by atoms with Crippen molar-refractivity contribution in [1.82, 2.24) is 10.2 Å². The fourth-order valence-corrected chi connectivity index (χ4v) is 6.42. The highest BCUT2D eigenvalue weighted by atomic mass is 35.5. The molecule has 3 aromatic carbocycles. The highest BCUT2D eigenvalue weighted by Crippen LogP contribution is 2.27. The van der Waals surface area contributed by atoms with Crippen LogP contribution in [0.5, 0.6) is 5.75 Å². The van der Waals surface area contributed by atoms with Gasteiger partial charge in [0.15, 0.2) is 0 Å². The predicted octanol–water partition coefficient (Wildman–Crippen LogP) is 5.33. The molecular formula is C31H36ClN3O5S. The molecule has 3 aromatic rings. The molecule has 8 nitrogen and oxygen atoms in total. The number of carbonyl (C=O) groups excluding carboxylic acids is 2. The van der Waals surface area contributed by atoms with Crippen LogP contribution in [0.15, 0.2) is 77.7 Å². The highest BCUT2D eigenvalue weighted by Gasteiger charge is 2.33. The predicted molar refractivity (Wildman–Crippen MR) is 161 cm³/mol. The normalized spacial score (nSPS) is 14.3. The van der Waals surface area contributed by atoms with E-state index in [2.05, 4.69) is 5.32 Å². The number of benzene rings is 3. The minimum absolute atomic E-state index is 0.0552. The summed E-state index contributed by atoms with van der Waals surface area (Å²) in [5, 5.41) is 3.51. The highest BCUT2D eigenvalue weighted by molar-refractivity contribution is 7.92. The first-order valence-corrected chi connectivity index (χ1v) is 15.5. The van der Waals surface area contributed by atoms with Crippen LogP contribution in [0.1, 0.15) is 43.7 Å². The Morgan fingerprint density at radius 3 is 2.17 bits per heavy atom. The second-order valence-electron chi connectivity index (χ2n) is 10.3. The van der Waals surface area contributed by atoms with E-state index in [4.69, 9.17) is 16.3 Å². The molecular weight excluding hydrogens is 562 g/mol. The van der Waals surface area contributed by atoms with Gasteiger partial charge in [0, 0.05) is 17.6 Å². The van der Waals surface area contributed by atoms with Gasteiger partial charge in [-0.05, 0) is 80.8 Å². The Kier molecular flexibility index (Phi) is 9.94. The number of amides is 2. The first-order chi connectivity index (χ1) is 19.6. The fraction of sp³-hybridized carbons (Fsp3) is 0.355. The van der Waals surface area contributed by atoms with Crippen molar-refractivity contribution in [1.29, 1.82) is 0 Å². The van der Waals surface area contributed by atoms with Gasteiger partial charge >= 0.3 is 0 Å². The van der Waals surface area contributed by atoms with E-state index in [-0.39, 0.29) is 29.1 Å². The Morgan fingerprint density at radius 1 is 0.976 bits per heavy atom. The van der Waals surface area contributed by atoms with E-state index in [1.54, 1.807) is 62.6 Å². The molecule has 1 N–H and O–H groups in total. The quantitative estimate of drug-likeness (QED) is 0.322. The summed E-state index contributed by atoms with van der Waals surface area (Å²) < 4.78 is 34.1. The zero-order valence-electron chi connectivity index (χ0n) is 23.5. The third kappa shape index (κ3) is 7.59. The Bertz CT molecular complexity index is 1440. The monoisotopic (exact) mass is 597 g/mol. The molecule has 1 fully saturated rings. The minimum atomic E-state index is -4.13. The average molecular weight is 598 g/mol. The summed E-state index contributed by atoms with van der Waals surface area (Å²) in [4.78, 5) is 28.8. The average Bonchev–Trinajstić information content (AvgIpc) is 3.48. The van der Waals surface area contributed by atoms with Gasteiger partial charge in [0.25, 0.3) is 10.0 Å². The van der Waals surface area contributed by atoms with Crippen LogP contribution in [0.4, 0.5) is 5.69 Å². The number of hydrogen-bond acceptors (Lipinski definition) is 5. The van der Waals surface area contributed by atoms with E-state index in [0.717, 1.165) is 41.1 Å². The van der Waals surface area contributed by atoms with Crippen molar-refractivity contribution < 1.29 is 22.7 Å². The van der Waals surface area contributed by atoms with E-state index >= 15 is 0 Å². The van der Waals surface area contributed by atoms with Gasteiger partial charge < -0.3 is 15.0 Å². The largest absolute Gasteiger partial charge is 0.497 e. The number of nitrogens with zero attached hydrogens (tertiary/aromatic N) is 2. The van der Waals surface area contributed by atoms with E-state index in [1.807, 2.05) is 19.1 Å². The van der Waals surface area contributed by atoms with Gasteiger partial charge in [0.1, 0.15) is 18.3 Å². The SMILES string of the molecule is COc1ccc(CN(C(=O)CN(c2ccc(Cl)cc2)S(=O)(=O)c2ccc(C)cc2)[C@@H](C)C(=O)NC2CCCC2)cc1. The lowest BCUT2D eigenvalue weighted by Gasteiger charge is -2.32. The lowest BCUT2D eigenvalue weighted by molar-refractivity contribution is -0.139. The maximum Gasteiger partial charge on any atom is 0.264 e. The second-order valence-corrected chi connectivity index (χ2v) is 12.6. The number of aryl methyl sites for hydroxylation is 1. The zero-order valence-corrected chi connectivity index (χ0v) is 25.1. The van der Waals surface area contributed by atoms with Crippen LogP contribution in [-0.2, 0) is 26.2 Å². The molecule has 0 spiro atoms. The molecule has 0 saturated heterocycles. The Balaban J connectivity index is 1.67. The van der Waals surface area contributed by atoms with Crippen LogP contribution in [0.2, 0.25) is 5.02 Å². The van der Waals surface area contributed by atoms with Crippen molar-refractivity contribution in [3.05, 3.63) is 88.9 Å². The summed E-state index contributed by atoms with van der Waals surface area (Å²) in [6.07, 6.45) is 3.93. The Hall–Kier alpha value is -3.56. The van der Waals surface area contributed by atoms with Crippen molar-refractivity contribution in [2.24, 2.45) is 0 Å². The van der Waals surface area contributed by atoms with Gasteiger partial charge in [-0.15, -0.1) is 0 Å². The number of methoxy groups -OCH3 is 1. The van der Waals surface area contributed by atoms with Crippen LogP contribution in [0.3, 0.4) is 0 Å². The summed E-state index contributed by atoms with van der Waals surface area (Å²) in [5.74, 6) is -0.115.